The quantitative estimate of drug-likeness (QED) is 0.453. The number of esters is 1. The van der Waals surface area contributed by atoms with Crippen molar-refractivity contribution in [1.29, 1.82) is 0 Å². The monoisotopic (exact) mass is 236 g/mol. The van der Waals surface area contributed by atoms with Crippen molar-refractivity contribution in [2.24, 2.45) is 5.92 Å². The van der Waals surface area contributed by atoms with E-state index in [-0.39, 0.29) is 5.82 Å². The molecule has 5 nitrogen and oxygen atoms in total. The first-order chi connectivity index (χ1) is 7.81. The number of nitrogens with zero attached hydrogens (tertiary/aromatic N) is 2. The van der Waals surface area contributed by atoms with Gasteiger partial charge in [0.05, 0.1) is 0 Å². The summed E-state index contributed by atoms with van der Waals surface area (Å²) in [4.78, 5) is 31.1. The van der Waals surface area contributed by atoms with Crippen LogP contribution in [0.1, 0.15) is 38.3 Å². The number of ether oxygens (including phenoxy) is 1. The zero-order chi connectivity index (χ0) is 13.1. The smallest absolute Gasteiger partial charge is 0.317 e. The van der Waals surface area contributed by atoms with Gasteiger partial charge >= 0.3 is 5.97 Å². The molecule has 0 aliphatic rings. The Hall–Kier alpha value is -1.78. The van der Waals surface area contributed by atoms with Crippen molar-refractivity contribution in [2.45, 2.75) is 33.3 Å². The van der Waals surface area contributed by atoms with Gasteiger partial charge in [0, 0.05) is 12.4 Å². The van der Waals surface area contributed by atoms with Gasteiger partial charge < -0.3 is 4.74 Å². The van der Waals surface area contributed by atoms with E-state index < -0.39 is 23.3 Å². The Morgan fingerprint density at radius 2 is 1.76 bits per heavy atom. The van der Waals surface area contributed by atoms with E-state index in [1.807, 2.05) is 0 Å². The number of rotatable bonds is 3. The summed E-state index contributed by atoms with van der Waals surface area (Å²) < 4.78 is 5.13. The van der Waals surface area contributed by atoms with E-state index in [1.54, 1.807) is 26.8 Å². The van der Waals surface area contributed by atoms with Gasteiger partial charge in [-0.15, -0.1) is 0 Å². The standard InChI is InChI=1S/C12H16N2O3/c1-8(11(16)17-12(2,3)4)9(15)10-13-6-5-7-14-10/h5-8H,1-4H3. The minimum Gasteiger partial charge on any atom is -0.459 e. The number of ketones is 1. The van der Waals surface area contributed by atoms with Gasteiger partial charge in [-0.25, -0.2) is 9.97 Å². The maximum Gasteiger partial charge on any atom is 0.317 e. The van der Waals surface area contributed by atoms with Crippen LogP contribution in [0.25, 0.3) is 0 Å². The molecule has 0 saturated carbocycles. The summed E-state index contributed by atoms with van der Waals surface area (Å²) in [7, 11) is 0. The lowest BCUT2D eigenvalue weighted by molar-refractivity contribution is -0.157. The van der Waals surface area contributed by atoms with Crippen LogP contribution in [0.5, 0.6) is 0 Å². The van der Waals surface area contributed by atoms with Crippen LogP contribution in [0.3, 0.4) is 0 Å². The summed E-state index contributed by atoms with van der Waals surface area (Å²) in [5.74, 6) is -1.85. The van der Waals surface area contributed by atoms with Gasteiger partial charge in [0.15, 0.2) is 5.82 Å². The second kappa shape index (κ2) is 5.03. The van der Waals surface area contributed by atoms with Crippen LogP contribution < -0.4 is 0 Å². The maximum absolute atomic E-state index is 11.8. The molecule has 0 radical (unpaired) electrons. The highest BCUT2D eigenvalue weighted by Gasteiger charge is 2.29. The van der Waals surface area contributed by atoms with Gasteiger partial charge in [-0.1, -0.05) is 0 Å². The maximum atomic E-state index is 11.8. The first-order valence-corrected chi connectivity index (χ1v) is 5.35. The van der Waals surface area contributed by atoms with Gasteiger partial charge in [-0.2, -0.15) is 0 Å². The normalized spacial score (nSPS) is 12.9. The molecule has 1 unspecified atom stereocenters. The van der Waals surface area contributed by atoms with E-state index in [0.29, 0.717) is 0 Å². The van der Waals surface area contributed by atoms with Crippen LogP contribution in [0, 0.1) is 5.92 Å². The second-order valence-corrected chi connectivity index (χ2v) is 4.69. The largest absolute Gasteiger partial charge is 0.459 e. The number of hydrogen-bond donors (Lipinski definition) is 0. The van der Waals surface area contributed by atoms with E-state index in [0.717, 1.165) is 0 Å². The van der Waals surface area contributed by atoms with Crippen molar-refractivity contribution >= 4 is 11.8 Å². The minimum absolute atomic E-state index is 0.0332. The fourth-order valence-corrected chi connectivity index (χ4v) is 1.12. The summed E-state index contributed by atoms with van der Waals surface area (Å²) in [6.45, 7) is 6.75. The Morgan fingerprint density at radius 1 is 1.24 bits per heavy atom. The van der Waals surface area contributed by atoms with Gasteiger partial charge in [0.25, 0.3) is 0 Å². The van der Waals surface area contributed by atoms with Crippen molar-refractivity contribution < 1.29 is 14.3 Å². The van der Waals surface area contributed by atoms with E-state index in [4.69, 9.17) is 4.74 Å². The Bertz CT molecular complexity index is 410. The highest BCUT2D eigenvalue weighted by atomic mass is 16.6. The first kappa shape index (κ1) is 13.3. The Labute approximate surface area is 100 Å². The lowest BCUT2D eigenvalue weighted by Crippen LogP contribution is -2.31. The van der Waals surface area contributed by atoms with Crippen LogP contribution >= 0.6 is 0 Å². The molecule has 0 amide bonds. The molecule has 92 valence electrons. The zero-order valence-electron chi connectivity index (χ0n) is 10.4. The Morgan fingerprint density at radius 3 is 2.24 bits per heavy atom. The number of carbonyl (C=O) groups is 2. The topological polar surface area (TPSA) is 69.2 Å². The number of hydrogen-bond acceptors (Lipinski definition) is 5. The average Bonchev–Trinajstić information content (AvgIpc) is 2.26. The first-order valence-electron chi connectivity index (χ1n) is 5.35. The van der Waals surface area contributed by atoms with Crippen molar-refractivity contribution in [1.82, 2.24) is 9.97 Å². The molecule has 1 atom stereocenters. The van der Waals surface area contributed by atoms with E-state index >= 15 is 0 Å². The highest BCUT2D eigenvalue weighted by molar-refractivity contribution is 6.06. The zero-order valence-corrected chi connectivity index (χ0v) is 10.4. The molecule has 0 N–H and O–H groups in total. The molecule has 1 heterocycles. The molecule has 0 saturated heterocycles. The fraction of sp³-hybridized carbons (Fsp3) is 0.500. The summed E-state index contributed by atoms with van der Waals surface area (Å²) in [6, 6.07) is 1.61. The van der Waals surface area contributed by atoms with Gasteiger partial charge in [0.1, 0.15) is 11.5 Å². The van der Waals surface area contributed by atoms with Crippen molar-refractivity contribution in [3.05, 3.63) is 24.3 Å². The van der Waals surface area contributed by atoms with Gasteiger partial charge in [0.2, 0.25) is 5.78 Å². The molecule has 1 rings (SSSR count). The van der Waals surface area contributed by atoms with Crippen molar-refractivity contribution in [3.63, 3.8) is 0 Å². The number of Topliss-reactive ketones (excluding diaryl/α,β-unsaturated/α-hetero) is 1. The summed E-state index contributed by atoms with van der Waals surface area (Å²) in [5, 5.41) is 0. The third-order valence-electron chi connectivity index (χ3n) is 1.94. The molecular weight excluding hydrogens is 220 g/mol. The Kier molecular flexibility index (Phi) is 3.93. The van der Waals surface area contributed by atoms with E-state index in [1.165, 1.54) is 19.3 Å². The minimum atomic E-state index is -0.892. The van der Waals surface area contributed by atoms with Crippen molar-refractivity contribution in [3.8, 4) is 0 Å². The summed E-state index contributed by atoms with van der Waals surface area (Å²) in [5.41, 5.74) is -0.608. The average molecular weight is 236 g/mol. The summed E-state index contributed by atoms with van der Waals surface area (Å²) >= 11 is 0. The molecular formula is C12H16N2O3. The van der Waals surface area contributed by atoms with Gasteiger partial charge in [-0.3, -0.25) is 9.59 Å². The highest BCUT2D eigenvalue weighted by Crippen LogP contribution is 2.13. The third-order valence-corrected chi connectivity index (χ3v) is 1.94. The third kappa shape index (κ3) is 3.94. The fourth-order valence-electron chi connectivity index (χ4n) is 1.12. The molecule has 0 fully saturated rings. The summed E-state index contributed by atoms with van der Waals surface area (Å²) in [6.07, 6.45) is 2.92. The molecule has 0 aliphatic carbocycles. The molecule has 0 spiro atoms. The van der Waals surface area contributed by atoms with Crippen LogP contribution in [-0.2, 0) is 9.53 Å². The molecule has 0 aliphatic heterocycles. The van der Waals surface area contributed by atoms with Crippen molar-refractivity contribution in [2.75, 3.05) is 0 Å². The lowest BCUT2D eigenvalue weighted by atomic mass is 10.1. The Balaban J connectivity index is 2.74. The van der Waals surface area contributed by atoms with Crippen LogP contribution in [0.4, 0.5) is 0 Å². The van der Waals surface area contributed by atoms with Crippen LogP contribution in [0.2, 0.25) is 0 Å². The predicted octanol–water partition coefficient (Wildman–Crippen LogP) is 1.64. The van der Waals surface area contributed by atoms with Crippen LogP contribution in [0.15, 0.2) is 18.5 Å². The number of aromatic nitrogens is 2. The van der Waals surface area contributed by atoms with Crippen LogP contribution in [-0.4, -0.2) is 27.3 Å². The molecule has 1 aromatic rings. The van der Waals surface area contributed by atoms with Gasteiger partial charge in [-0.05, 0) is 33.8 Å². The molecule has 17 heavy (non-hydrogen) atoms. The number of carbonyl (C=O) groups excluding carboxylic acids is 2. The van der Waals surface area contributed by atoms with E-state index in [9.17, 15) is 9.59 Å². The molecule has 0 bridgehead atoms. The molecule has 1 aromatic heterocycles. The lowest BCUT2D eigenvalue weighted by Gasteiger charge is -2.21. The second-order valence-electron chi connectivity index (χ2n) is 4.69. The molecule has 0 aromatic carbocycles. The predicted molar refractivity (Wildman–Crippen MR) is 61.4 cm³/mol. The molecule has 5 heteroatoms. The van der Waals surface area contributed by atoms with E-state index in [2.05, 4.69) is 9.97 Å². The SMILES string of the molecule is CC(C(=O)OC(C)(C)C)C(=O)c1ncccn1.